The molecule has 0 aliphatic carbocycles. The molecule has 0 aliphatic heterocycles. The van der Waals surface area contributed by atoms with Crippen molar-refractivity contribution in [3.05, 3.63) is 37.2 Å². The van der Waals surface area contributed by atoms with Crippen molar-refractivity contribution < 1.29 is 4.79 Å². The van der Waals surface area contributed by atoms with Crippen LogP contribution in [0.2, 0.25) is 0 Å². The van der Waals surface area contributed by atoms with Gasteiger partial charge in [0.1, 0.15) is 0 Å². The van der Waals surface area contributed by atoms with Crippen LogP contribution in [0.25, 0.3) is 0 Å². The molecule has 0 radical (unpaired) electrons. The highest BCUT2D eigenvalue weighted by atomic mass is 16.1. The fourth-order valence-electron chi connectivity index (χ4n) is 0.523. The minimum atomic E-state index is -0.144. The summed E-state index contributed by atoms with van der Waals surface area (Å²) in [5.74, 6) is -0.144. The fraction of sp³-hybridized carbons (Fsp3) is 0.111. The van der Waals surface area contributed by atoms with Gasteiger partial charge in [-0.25, -0.2) is 0 Å². The van der Waals surface area contributed by atoms with E-state index >= 15 is 0 Å². The average Bonchev–Trinajstić information content (AvgIpc) is 2.02. The molecule has 0 rings (SSSR count). The zero-order valence-corrected chi connectivity index (χ0v) is 7.08. The van der Waals surface area contributed by atoms with Crippen molar-refractivity contribution in [1.29, 1.82) is 0 Å². The second kappa shape index (κ2) is 6.09. The van der Waals surface area contributed by atoms with Crippen LogP contribution >= 0.6 is 0 Å². The monoisotopic (exact) mass is 164 g/mol. The summed E-state index contributed by atoms with van der Waals surface area (Å²) in [5, 5.41) is 2.54. The van der Waals surface area contributed by atoms with Gasteiger partial charge in [-0.1, -0.05) is 19.2 Å². The van der Waals surface area contributed by atoms with Crippen LogP contribution in [0.1, 0.15) is 6.92 Å². The Balaban J connectivity index is 4.22. The number of carbonyl (C=O) groups is 1. The van der Waals surface area contributed by atoms with E-state index < -0.39 is 0 Å². The van der Waals surface area contributed by atoms with Crippen molar-refractivity contribution in [2.24, 2.45) is 4.99 Å². The predicted molar refractivity (Wildman–Crippen MR) is 50.8 cm³/mol. The van der Waals surface area contributed by atoms with Gasteiger partial charge in [-0.2, -0.15) is 0 Å². The SMILES string of the molecule is C=CC=N/C=C(\C=C)NC(C)=O. The highest BCUT2D eigenvalue weighted by Gasteiger charge is 1.91. The molecule has 0 fully saturated rings. The van der Waals surface area contributed by atoms with Crippen molar-refractivity contribution in [1.82, 2.24) is 5.32 Å². The summed E-state index contributed by atoms with van der Waals surface area (Å²) >= 11 is 0. The Morgan fingerprint density at radius 2 is 2.17 bits per heavy atom. The molecule has 12 heavy (non-hydrogen) atoms. The molecule has 0 atom stereocenters. The van der Waals surface area contributed by atoms with Crippen molar-refractivity contribution >= 4 is 12.1 Å². The molecule has 0 aliphatic rings. The van der Waals surface area contributed by atoms with Gasteiger partial charge in [0, 0.05) is 13.1 Å². The van der Waals surface area contributed by atoms with E-state index in [4.69, 9.17) is 0 Å². The van der Waals surface area contributed by atoms with Crippen molar-refractivity contribution in [2.75, 3.05) is 0 Å². The van der Waals surface area contributed by atoms with Crippen molar-refractivity contribution in [2.45, 2.75) is 6.92 Å². The third-order valence-corrected chi connectivity index (χ3v) is 0.945. The highest BCUT2D eigenvalue weighted by molar-refractivity contribution is 5.75. The quantitative estimate of drug-likeness (QED) is 0.495. The van der Waals surface area contributed by atoms with E-state index in [2.05, 4.69) is 23.5 Å². The lowest BCUT2D eigenvalue weighted by molar-refractivity contribution is -0.118. The summed E-state index contributed by atoms with van der Waals surface area (Å²) < 4.78 is 0. The lowest BCUT2D eigenvalue weighted by atomic mass is 10.4. The van der Waals surface area contributed by atoms with Gasteiger partial charge in [-0.05, 0) is 6.08 Å². The first-order chi connectivity index (χ1) is 5.70. The van der Waals surface area contributed by atoms with Gasteiger partial charge in [0.2, 0.25) is 5.91 Å². The predicted octanol–water partition coefficient (Wildman–Crippen LogP) is 1.41. The molecular weight excluding hydrogens is 152 g/mol. The molecule has 1 N–H and O–H groups in total. The van der Waals surface area contributed by atoms with Crippen molar-refractivity contribution in [3.8, 4) is 0 Å². The van der Waals surface area contributed by atoms with Crippen molar-refractivity contribution in [3.63, 3.8) is 0 Å². The number of amides is 1. The molecule has 0 aromatic rings. The Hall–Kier alpha value is -1.64. The third kappa shape index (κ3) is 5.17. The number of aliphatic imine (C=N–C) groups is 1. The molecule has 64 valence electrons. The maximum Gasteiger partial charge on any atom is 0.221 e. The normalized spacial score (nSPS) is 11.2. The zero-order chi connectivity index (χ0) is 9.40. The van der Waals surface area contributed by atoms with E-state index in [9.17, 15) is 4.79 Å². The Labute approximate surface area is 72.2 Å². The van der Waals surface area contributed by atoms with Crippen LogP contribution in [0.3, 0.4) is 0 Å². The Bertz CT molecular complexity index is 239. The summed E-state index contributed by atoms with van der Waals surface area (Å²) in [6, 6.07) is 0. The fourth-order valence-corrected chi connectivity index (χ4v) is 0.523. The Morgan fingerprint density at radius 3 is 2.58 bits per heavy atom. The topological polar surface area (TPSA) is 41.5 Å². The van der Waals surface area contributed by atoms with Crippen LogP contribution < -0.4 is 5.32 Å². The van der Waals surface area contributed by atoms with Crippen LogP contribution in [0.5, 0.6) is 0 Å². The zero-order valence-electron chi connectivity index (χ0n) is 7.08. The van der Waals surface area contributed by atoms with Crippen LogP contribution in [0, 0.1) is 0 Å². The molecule has 0 aromatic carbocycles. The van der Waals surface area contributed by atoms with E-state index in [1.54, 1.807) is 6.08 Å². The van der Waals surface area contributed by atoms with Gasteiger partial charge in [-0.15, -0.1) is 0 Å². The molecule has 0 bridgehead atoms. The summed E-state index contributed by atoms with van der Waals surface area (Å²) in [7, 11) is 0. The van der Waals surface area contributed by atoms with Crippen LogP contribution in [-0.2, 0) is 4.79 Å². The Morgan fingerprint density at radius 1 is 1.50 bits per heavy atom. The van der Waals surface area contributed by atoms with Gasteiger partial charge in [0.05, 0.1) is 11.9 Å². The van der Waals surface area contributed by atoms with Gasteiger partial charge in [0.25, 0.3) is 0 Å². The molecule has 1 amide bonds. The molecule has 0 unspecified atom stereocenters. The highest BCUT2D eigenvalue weighted by Crippen LogP contribution is 1.89. The minimum Gasteiger partial charge on any atom is -0.325 e. The summed E-state index contributed by atoms with van der Waals surface area (Å²) in [6.07, 6.45) is 6.08. The Kier molecular flexibility index (Phi) is 5.26. The minimum absolute atomic E-state index is 0.144. The molecule has 0 saturated carbocycles. The standard InChI is InChI=1S/C9H12N2O/c1-4-6-10-7-9(5-2)11-8(3)12/h4-7H,1-2H2,3H3,(H,11,12)/b9-7+,10-6?. The molecular formula is C9H12N2O. The lowest BCUT2D eigenvalue weighted by Crippen LogP contribution is -2.17. The maximum absolute atomic E-state index is 10.6. The number of carbonyl (C=O) groups excluding carboxylic acids is 1. The molecule has 0 heterocycles. The van der Waals surface area contributed by atoms with E-state index in [-0.39, 0.29) is 5.91 Å². The van der Waals surface area contributed by atoms with Crippen LogP contribution in [0.15, 0.2) is 42.2 Å². The number of hydrogen-bond acceptors (Lipinski definition) is 2. The summed E-state index contributed by atoms with van der Waals surface area (Å²) in [5.41, 5.74) is 0.570. The van der Waals surface area contributed by atoms with Gasteiger partial charge in [-0.3, -0.25) is 9.79 Å². The summed E-state index contributed by atoms with van der Waals surface area (Å²) in [4.78, 5) is 14.4. The van der Waals surface area contributed by atoms with Gasteiger partial charge in [0.15, 0.2) is 0 Å². The largest absolute Gasteiger partial charge is 0.325 e. The maximum atomic E-state index is 10.6. The van der Waals surface area contributed by atoms with E-state index in [0.717, 1.165) is 0 Å². The first kappa shape index (κ1) is 10.4. The lowest BCUT2D eigenvalue weighted by Gasteiger charge is -1.98. The number of rotatable bonds is 4. The van der Waals surface area contributed by atoms with Gasteiger partial charge >= 0.3 is 0 Å². The smallest absolute Gasteiger partial charge is 0.221 e. The van der Waals surface area contributed by atoms with Crippen LogP contribution in [0.4, 0.5) is 0 Å². The number of allylic oxidation sites excluding steroid dienone is 2. The number of hydrogen-bond donors (Lipinski definition) is 1. The first-order valence-electron chi connectivity index (χ1n) is 3.45. The second-order valence-corrected chi connectivity index (χ2v) is 2.00. The first-order valence-corrected chi connectivity index (χ1v) is 3.45. The molecule has 0 spiro atoms. The number of nitrogens with one attached hydrogen (secondary N) is 1. The third-order valence-electron chi connectivity index (χ3n) is 0.945. The molecule has 3 nitrogen and oxygen atoms in total. The van der Waals surface area contributed by atoms with Gasteiger partial charge < -0.3 is 5.32 Å². The van der Waals surface area contributed by atoms with E-state index in [1.807, 2.05) is 0 Å². The molecule has 0 aromatic heterocycles. The second-order valence-electron chi connectivity index (χ2n) is 2.00. The van der Waals surface area contributed by atoms with E-state index in [0.29, 0.717) is 5.70 Å². The molecule has 3 heteroatoms. The van der Waals surface area contributed by atoms with Crippen LogP contribution in [-0.4, -0.2) is 12.1 Å². The average molecular weight is 164 g/mol. The summed E-state index contributed by atoms with van der Waals surface area (Å²) in [6.45, 7) is 8.39. The molecule has 0 saturated heterocycles. The van der Waals surface area contributed by atoms with E-state index in [1.165, 1.54) is 25.4 Å². The number of nitrogens with zero attached hydrogens (tertiary/aromatic N) is 1.